The van der Waals surface area contributed by atoms with Gasteiger partial charge in [0.1, 0.15) is 0 Å². The molecule has 1 aliphatic rings. The first-order valence-electron chi connectivity index (χ1n) is 4.58. The number of rotatable bonds is 1. The molecular weight excluding hydrogens is 160 g/mol. The molecule has 1 aliphatic heterocycles. The first kappa shape index (κ1) is 9.90. The summed E-state index contributed by atoms with van der Waals surface area (Å²) in [5.74, 6) is 0. The van der Waals surface area contributed by atoms with Crippen molar-refractivity contribution in [3.8, 4) is 0 Å². The molecule has 0 aliphatic carbocycles. The first-order chi connectivity index (χ1) is 6.15. The van der Waals surface area contributed by atoms with Crippen LogP contribution in [-0.4, -0.2) is 17.5 Å². The van der Waals surface area contributed by atoms with Crippen molar-refractivity contribution in [2.45, 2.75) is 33.7 Å². The van der Waals surface area contributed by atoms with Gasteiger partial charge in [-0.2, -0.15) is 0 Å². The molecule has 2 nitrogen and oxygen atoms in total. The predicted octanol–water partition coefficient (Wildman–Crippen LogP) is 2.77. The van der Waals surface area contributed by atoms with E-state index in [1.165, 1.54) is 0 Å². The predicted molar refractivity (Wildman–Crippen MR) is 58.6 cm³/mol. The molecule has 2 heteroatoms. The maximum Gasteiger partial charge on any atom is 0.0895 e. The summed E-state index contributed by atoms with van der Waals surface area (Å²) in [5.41, 5.74) is 3.11. The average Bonchev–Trinajstić information content (AvgIpc) is 2.09. The molecule has 70 valence electrons. The van der Waals surface area contributed by atoms with Crippen LogP contribution in [0.3, 0.4) is 0 Å². The van der Waals surface area contributed by atoms with Gasteiger partial charge in [0.2, 0.25) is 0 Å². The highest BCUT2D eigenvalue weighted by Crippen LogP contribution is 2.14. The summed E-state index contributed by atoms with van der Waals surface area (Å²) in [7, 11) is 0. The molecule has 0 bridgehead atoms. The van der Waals surface area contributed by atoms with Crippen molar-refractivity contribution in [1.82, 2.24) is 0 Å². The highest BCUT2D eigenvalue weighted by atomic mass is 14.9. The van der Waals surface area contributed by atoms with E-state index in [1.54, 1.807) is 0 Å². The van der Waals surface area contributed by atoms with E-state index >= 15 is 0 Å². The largest absolute Gasteiger partial charge is 0.279 e. The zero-order valence-electron chi connectivity index (χ0n) is 8.70. The van der Waals surface area contributed by atoms with Gasteiger partial charge in [0.05, 0.1) is 23.2 Å². The second-order valence-electron chi connectivity index (χ2n) is 3.21. The smallest absolute Gasteiger partial charge is 0.0895 e. The number of hydrogen-bond acceptors (Lipinski definition) is 2. The normalized spacial score (nSPS) is 26.5. The standard InChI is InChI=1S/C11H16N2/c1-5-6-7-11-10(4)12-8(2)9(3)13-11/h5-7,10H,1-4H3/b6-5-,11-7+. The van der Waals surface area contributed by atoms with E-state index in [0.29, 0.717) is 0 Å². The van der Waals surface area contributed by atoms with Crippen molar-refractivity contribution in [3.63, 3.8) is 0 Å². The molecular formula is C11H16N2. The summed E-state index contributed by atoms with van der Waals surface area (Å²) in [6, 6.07) is 0.194. The molecule has 0 amide bonds. The fourth-order valence-electron chi connectivity index (χ4n) is 1.19. The van der Waals surface area contributed by atoms with Crippen LogP contribution in [0.4, 0.5) is 0 Å². The fourth-order valence-corrected chi connectivity index (χ4v) is 1.19. The van der Waals surface area contributed by atoms with Gasteiger partial charge in [-0.05, 0) is 33.8 Å². The Kier molecular flexibility index (Phi) is 3.18. The van der Waals surface area contributed by atoms with Gasteiger partial charge in [-0.1, -0.05) is 12.2 Å². The molecule has 0 N–H and O–H groups in total. The Morgan fingerprint density at radius 3 is 2.54 bits per heavy atom. The Morgan fingerprint density at radius 1 is 1.23 bits per heavy atom. The van der Waals surface area contributed by atoms with E-state index in [2.05, 4.69) is 16.9 Å². The second-order valence-corrected chi connectivity index (χ2v) is 3.21. The van der Waals surface area contributed by atoms with Crippen LogP contribution >= 0.6 is 0 Å². The minimum atomic E-state index is 0.194. The third-order valence-electron chi connectivity index (χ3n) is 2.10. The Bertz CT molecular complexity index is 306. The molecule has 0 aromatic carbocycles. The summed E-state index contributed by atoms with van der Waals surface area (Å²) >= 11 is 0. The van der Waals surface area contributed by atoms with Crippen molar-refractivity contribution in [2.24, 2.45) is 9.98 Å². The molecule has 0 saturated heterocycles. The van der Waals surface area contributed by atoms with Crippen LogP contribution in [0.25, 0.3) is 0 Å². The van der Waals surface area contributed by atoms with E-state index in [0.717, 1.165) is 17.1 Å². The van der Waals surface area contributed by atoms with Crippen LogP contribution in [0.2, 0.25) is 0 Å². The monoisotopic (exact) mass is 176 g/mol. The number of aliphatic imine (C=N–C) groups is 2. The van der Waals surface area contributed by atoms with Crippen LogP contribution < -0.4 is 0 Å². The highest BCUT2D eigenvalue weighted by Gasteiger charge is 2.12. The second kappa shape index (κ2) is 4.17. The van der Waals surface area contributed by atoms with Crippen molar-refractivity contribution in [1.29, 1.82) is 0 Å². The lowest BCUT2D eigenvalue weighted by atomic mass is 10.1. The van der Waals surface area contributed by atoms with Crippen molar-refractivity contribution >= 4 is 11.4 Å². The molecule has 0 spiro atoms. The van der Waals surface area contributed by atoms with Gasteiger partial charge in [-0.3, -0.25) is 9.98 Å². The molecule has 0 radical (unpaired) electrons. The lowest BCUT2D eigenvalue weighted by Crippen LogP contribution is -2.18. The zero-order chi connectivity index (χ0) is 9.84. The summed E-state index contributed by atoms with van der Waals surface area (Å²) in [6.45, 7) is 8.06. The average molecular weight is 176 g/mol. The van der Waals surface area contributed by atoms with Crippen LogP contribution in [0.5, 0.6) is 0 Å². The minimum absolute atomic E-state index is 0.194. The van der Waals surface area contributed by atoms with E-state index < -0.39 is 0 Å². The first-order valence-corrected chi connectivity index (χ1v) is 4.58. The van der Waals surface area contributed by atoms with Crippen LogP contribution in [0.1, 0.15) is 27.7 Å². The van der Waals surface area contributed by atoms with Gasteiger partial charge in [0.15, 0.2) is 0 Å². The summed E-state index contributed by atoms with van der Waals surface area (Å²) in [6.07, 6.45) is 6.01. The van der Waals surface area contributed by atoms with Crippen molar-refractivity contribution < 1.29 is 0 Å². The van der Waals surface area contributed by atoms with E-state index in [4.69, 9.17) is 0 Å². The van der Waals surface area contributed by atoms with Gasteiger partial charge >= 0.3 is 0 Å². The third kappa shape index (κ3) is 2.38. The number of nitrogens with zero attached hydrogens (tertiary/aromatic N) is 2. The zero-order valence-corrected chi connectivity index (χ0v) is 8.70. The maximum atomic E-state index is 4.48. The molecule has 13 heavy (non-hydrogen) atoms. The lowest BCUT2D eigenvalue weighted by Gasteiger charge is -2.15. The fraction of sp³-hybridized carbons (Fsp3) is 0.455. The van der Waals surface area contributed by atoms with Crippen LogP contribution in [-0.2, 0) is 0 Å². The minimum Gasteiger partial charge on any atom is -0.279 e. The maximum absolute atomic E-state index is 4.48. The summed E-state index contributed by atoms with van der Waals surface area (Å²) < 4.78 is 0. The Labute approximate surface area is 79.8 Å². The highest BCUT2D eigenvalue weighted by molar-refractivity contribution is 6.41. The molecule has 0 fully saturated rings. The lowest BCUT2D eigenvalue weighted by molar-refractivity contribution is 0.841. The van der Waals surface area contributed by atoms with Crippen molar-refractivity contribution in [2.75, 3.05) is 0 Å². The third-order valence-corrected chi connectivity index (χ3v) is 2.10. The quantitative estimate of drug-likeness (QED) is 0.587. The Balaban J connectivity index is 2.93. The van der Waals surface area contributed by atoms with Gasteiger partial charge < -0.3 is 0 Å². The van der Waals surface area contributed by atoms with Gasteiger partial charge in [-0.25, -0.2) is 0 Å². The van der Waals surface area contributed by atoms with Crippen LogP contribution in [0.15, 0.2) is 33.9 Å². The molecule has 0 aromatic rings. The summed E-state index contributed by atoms with van der Waals surface area (Å²) in [4.78, 5) is 8.96. The molecule has 0 aromatic heterocycles. The van der Waals surface area contributed by atoms with Gasteiger partial charge in [0.25, 0.3) is 0 Å². The Hall–Kier alpha value is -1.18. The van der Waals surface area contributed by atoms with Crippen molar-refractivity contribution in [3.05, 3.63) is 23.9 Å². The van der Waals surface area contributed by atoms with E-state index in [9.17, 15) is 0 Å². The Morgan fingerprint density at radius 2 is 1.92 bits per heavy atom. The molecule has 0 saturated carbocycles. The molecule has 1 heterocycles. The number of hydrogen-bond donors (Lipinski definition) is 0. The topological polar surface area (TPSA) is 24.7 Å². The van der Waals surface area contributed by atoms with Gasteiger partial charge in [0, 0.05) is 0 Å². The van der Waals surface area contributed by atoms with E-state index in [-0.39, 0.29) is 6.04 Å². The molecule has 1 unspecified atom stereocenters. The SMILES string of the molecule is C/C=C\C=C1\N=C(C)C(C)=NC1C. The number of allylic oxidation sites excluding steroid dienone is 3. The molecule has 1 atom stereocenters. The van der Waals surface area contributed by atoms with E-state index in [1.807, 2.05) is 39.0 Å². The molecule has 1 rings (SSSR count). The summed E-state index contributed by atoms with van der Waals surface area (Å²) in [5, 5.41) is 0. The van der Waals surface area contributed by atoms with Gasteiger partial charge in [-0.15, -0.1) is 0 Å². The van der Waals surface area contributed by atoms with Crippen LogP contribution in [0, 0.1) is 0 Å².